The number of rotatable bonds is 8. The highest BCUT2D eigenvalue weighted by Crippen LogP contribution is 2.21. The van der Waals surface area contributed by atoms with E-state index in [-0.39, 0.29) is 16.5 Å². The number of piperazine rings is 1. The van der Waals surface area contributed by atoms with E-state index in [1.807, 2.05) is 28.3 Å². The molecule has 0 aliphatic carbocycles. The molecule has 38 heavy (non-hydrogen) atoms. The van der Waals surface area contributed by atoms with Crippen molar-refractivity contribution >= 4 is 34.7 Å². The standard InChI is InChI=1S/C25H26ClFN8O2S/c1-37-17-34-11-12-38-25(34)31-22-14-18(15-35-28-5-6-29-35)13-19(30-22)16-32-7-9-33(10-8-32)24(36)20-3-2-4-21(26)23(20)27/h2-6,11-14H,7-10,15-17H2,1H3/b31-25-. The molecule has 1 saturated heterocycles. The molecule has 4 heterocycles. The minimum atomic E-state index is -0.678. The fourth-order valence-corrected chi connectivity index (χ4v) is 5.15. The van der Waals surface area contributed by atoms with E-state index in [0.717, 1.165) is 16.1 Å². The van der Waals surface area contributed by atoms with Gasteiger partial charge < -0.3 is 9.64 Å². The van der Waals surface area contributed by atoms with Crippen LogP contribution in [0.3, 0.4) is 0 Å². The number of aromatic nitrogens is 5. The lowest BCUT2D eigenvalue weighted by molar-refractivity contribution is 0.0622. The number of carbonyl (C=O) groups is 1. The van der Waals surface area contributed by atoms with Gasteiger partial charge in [0.2, 0.25) is 0 Å². The number of nitrogens with zero attached hydrogens (tertiary/aromatic N) is 8. The highest BCUT2D eigenvalue weighted by Gasteiger charge is 2.25. The van der Waals surface area contributed by atoms with Gasteiger partial charge in [0.15, 0.2) is 16.4 Å². The summed E-state index contributed by atoms with van der Waals surface area (Å²) in [5.41, 5.74) is 1.83. The zero-order chi connectivity index (χ0) is 26.5. The normalized spacial score (nSPS) is 14.8. The van der Waals surface area contributed by atoms with Gasteiger partial charge in [0.25, 0.3) is 5.91 Å². The van der Waals surface area contributed by atoms with Gasteiger partial charge in [-0.05, 0) is 29.8 Å². The van der Waals surface area contributed by atoms with Crippen molar-refractivity contribution in [2.75, 3.05) is 33.3 Å². The summed E-state index contributed by atoms with van der Waals surface area (Å²) in [6.45, 7) is 3.68. The predicted molar refractivity (Wildman–Crippen MR) is 140 cm³/mol. The molecular weight excluding hydrogens is 531 g/mol. The zero-order valence-electron chi connectivity index (χ0n) is 20.7. The third kappa shape index (κ3) is 6.16. The van der Waals surface area contributed by atoms with Gasteiger partial charge in [-0.15, -0.1) is 11.3 Å². The quantitative estimate of drug-likeness (QED) is 0.331. The van der Waals surface area contributed by atoms with Gasteiger partial charge in [0.05, 0.1) is 35.2 Å². The van der Waals surface area contributed by atoms with Crippen LogP contribution in [0.15, 0.2) is 59.3 Å². The summed E-state index contributed by atoms with van der Waals surface area (Å²) in [4.78, 5) is 28.7. The van der Waals surface area contributed by atoms with Gasteiger partial charge in [-0.25, -0.2) is 14.4 Å². The first-order chi connectivity index (χ1) is 18.5. The van der Waals surface area contributed by atoms with Gasteiger partial charge in [-0.1, -0.05) is 17.7 Å². The Hall–Kier alpha value is -3.45. The second-order valence-corrected chi connectivity index (χ2v) is 10.0. The van der Waals surface area contributed by atoms with Crippen LogP contribution in [0.5, 0.6) is 0 Å². The molecule has 0 unspecified atom stereocenters. The third-order valence-electron chi connectivity index (χ3n) is 6.08. The molecule has 0 N–H and O–H groups in total. The van der Waals surface area contributed by atoms with E-state index in [2.05, 4.69) is 15.1 Å². The predicted octanol–water partition coefficient (Wildman–Crippen LogP) is 3.17. The Bertz CT molecular complexity index is 1460. The van der Waals surface area contributed by atoms with Crippen LogP contribution >= 0.6 is 22.9 Å². The molecule has 0 radical (unpaired) electrons. The molecule has 1 aromatic carbocycles. The molecule has 1 aliphatic rings. The summed E-state index contributed by atoms with van der Waals surface area (Å²) in [5, 5.41) is 10.3. The van der Waals surface area contributed by atoms with E-state index < -0.39 is 5.82 Å². The van der Waals surface area contributed by atoms with Crippen molar-refractivity contribution in [3.8, 4) is 0 Å². The van der Waals surface area contributed by atoms with Gasteiger partial charge in [-0.2, -0.15) is 15.0 Å². The first-order valence-electron chi connectivity index (χ1n) is 12.0. The van der Waals surface area contributed by atoms with Gasteiger partial charge in [-0.3, -0.25) is 14.3 Å². The van der Waals surface area contributed by atoms with Crippen LogP contribution in [0.2, 0.25) is 5.02 Å². The first kappa shape index (κ1) is 26.2. The second kappa shape index (κ2) is 11.9. The van der Waals surface area contributed by atoms with Crippen LogP contribution in [0.1, 0.15) is 21.6 Å². The van der Waals surface area contributed by atoms with E-state index >= 15 is 0 Å². The number of pyridine rings is 1. The van der Waals surface area contributed by atoms with Crippen LogP contribution in [-0.4, -0.2) is 73.5 Å². The lowest BCUT2D eigenvalue weighted by atomic mass is 10.1. The van der Waals surface area contributed by atoms with Crippen LogP contribution in [0.25, 0.3) is 0 Å². The van der Waals surface area contributed by atoms with E-state index in [1.54, 1.807) is 35.3 Å². The van der Waals surface area contributed by atoms with Crippen molar-refractivity contribution in [1.29, 1.82) is 0 Å². The highest BCUT2D eigenvalue weighted by molar-refractivity contribution is 7.07. The monoisotopic (exact) mass is 556 g/mol. The van der Waals surface area contributed by atoms with E-state index in [0.29, 0.717) is 51.8 Å². The van der Waals surface area contributed by atoms with Crippen molar-refractivity contribution in [1.82, 2.24) is 34.3 Å². The lowest BCUT2D eigenvalue weighted by Crippen LogP contribution is -2.48. The first-order valence-corrected chi connectivity index (χ1v) is 13.2. The van der Waals surface area contributed by atoms with Crippen molar-refractivity contribution in [2.24, 2.45) is 4.99 Å². The average molecular weight is 557 g/mol. The molecule has 0 bridgehead atoms. The third-order valence-corrected chi connectivity index (χ3v) is 7.17. The molecule has 1 amide bonds. The molecule has 1 fully saturated rings. The summed E-state index contributed by atoms with van der Waals surface area (Å²) in [6, 6.07) is 8.45. The molecule has 0 atom stereocenters. The van der Waals surface area contributed by atoms with E-state index in [1.165, 1.54) is 23.5 Å². The largest absolute Gasteiger partial charge is 0.364 e. The van der Waals surface area contributed by atoms with E-state index in [9.17, 15) is 9.18 Å². The summed E-state index contributed by atoms with van der Waals surface area (Å²) < 4.78 is 21.5. The number of hydrogen-bond donors (Lipinski definition) is 0. The zero-order valence-corrected chi connectivity index (χ0v) is 22.3. The summed E-state index contributed by atoms with van der Waals surface area (Å²) in [5.74, 6) is -0.441. The molecule has 0 saturated carbocycles. The Morgan fingerprint density at radius 3 is 2.71 bits per heavy atom. The fourth-order valence-electron chi connectivity index (χ4n) is 4.25. The maximum atomic E-state index is 14.4. The molecule has 0 spiro atoms. The van der Waals surface area contributed by atoms with Gasteiger partial charge in [0.1, 0.15) is 6.73 Å². The second-order valence-electron chi connectivity index (χ2n) is 8.74. The summed E-state index contributed by atoms with van der Waals surface area (Å²) in [6.07, 6.45) is 5.20. The lowest BCUT2D eigenvalue weighted by Gasteiger charge is -2.34. The minimum Gasteiger partial charge on any atom is -0.364 e. The number of amides is 1. The van der Waals surface area contributed by atoms with Gasteiger partial charge in [0, 0.05) is 51.4 Å². The van der Waals surface area contributed by atoms with Crippen molar-refractivity contribution in [3.63, 3.8) is 0 Å². The van der Waals surface area contributed by atoms with Crippen molar-refractivity contribution in [2.45, 2.75) is 19.8 Å². The number of methoxy groups -OCH3 is 1. The molecule has 1 aliphatic heterocycles. The Labute approximate surface area is 227 Å². The molecule has 198 valence electrons. The van der Waals surface area contributed by atoms with Crippen LogP contribution in [0, 0.1) is 5.82 Å². The Morgan fingerprint density at radius 1 is 1.16 bits per heavy atom. The number of ether oxygens (including phenoxy) is 1. The molecule has 4 aromatic rings. The van der Waals surface area contributed by atoms with Crippen LogP contribution in [0.4, 0.5) is 10.2 Å². The highest BCUT2D eigenvalue weighted by atomic mass is 35.5. The van der Waals surface area contributed by atoms with Crippen molar-refractivity contribution < 1.29 is 13.9 Å². The number of benzene rings is 1. The number of carbonyl (C=O) groups excluding carboxylic acids is 1. The van der Waals surface area contributed by atoms with E-state index in [4.69, 9.17) is 26.3 Å². The van der Waals surface area contributed by atoms with Gasteiger partial charge >= 0.3 is 0 Å². The van der Waals surface area contributed by atoms with Crippen LogP contribution in [-0.2, 0) is 24.6 Å². The molecule has 13 heteroatoms. The summed E-state index contributed by atoms with van der Waals surface area (Å²) in [7, 11) is 1.64. The molecule has 10 nitrogen and oxygen atoms in total. The average Bonchev–Trinajstić information content (AvgIpc) is 3.58. The fraction of sp³-hybridized carbons (Fsp3) is 0.320. The molecule has 5 rings (SSSR count). The Balaban J connectivity index is 1.32. The molecular formula is C25H26ClFN8O2S. The SMILES string of the molecule is COCn1ccs/c1=N\c1cc(Cn2nccn2)cc(CN2CCN(C(=O)c3cccc(Cl)c3F)CC2)n1. The summed E-state index contributed by atoms with van der Waals surface area (Å²) >= 11 is 7.37. The maximum absolute atomic E-state index is 14.4. The Kier molecular flexibility index (Phi) is 8.23. The number of halogens is 2. The maximum Gasteiger partial charge on any atom is 0.256 e. The minimum absolute atomic E-state index is 0.00177. The molecule has 3 aromatic heterocycles. The van der Waals surface area contributed by atoms with Crippen LogP contribution < -0.4 is 4.80 Å². The smallest absolute Gasteiger partial charge is 0.256 e. The number of thiazole rings is 1. The number of hydrogen-bond acceptors (Lipinski definition) is 8. The topological polar surface area (TPSA) is 93.7 Å². The Morgan fingerprint density at radius 2 is 1.95 bits per heavy atom. The van der Waals surface area contributed by atoms with Crippen molar-refractivity contribution in [3.05, 3.63) is 86.8 Å².